The van der Waals surface area contributed by atoms with Crippen LogP contribution in [0, 0.1) is 0 Å². The Morgan fingerprint density at radius 1 is 1.04 bits per heavy atom. The van der Waals surface area contributed by atoms with Gasteiger partial charge < -0.3 is 15.4 Å². The van der Waals surface area contributed by atoms with E-state index in [0.717, 1.165) is 35.1 Å². The van der Waals surface area contributed by atoms with Crippen molar-refractivity contribution in [2.75, 3.05) is 26.7 Å². The Morgan fingerprint density at radius 2 is 1.73 bits per heavy atom. The summed E-state index contributed by atoms with van der Waals surface area (Å²) in [5.74, 6) is 0.747. The first-order chi connectivity index (χ1) is 12.2. The highest BCUT2D eigenvalue weighted by atomic mass is 127. The lowest BCUT2D eigenvalue weighted by molar-refractivity contribution is 0.125. The quantitative estimate of drug-likeness (QED) is 0.186. The number of aromatic nitrogens is 1. The molecule has 26 heavy (non-hydrogen) atoms. The van der Waals surface area contributed by atoms with Crippen LogP contribution in [0.1, 0.15) is 11.1 Å². The fourth-order valence-electron chi connectivity index (χ4n) is 2.11. The van der Waals surface area contributed by atoms with Gasteiger partial charge in [-0.05, 0) is 35.7 Å². The van der Waals surface area contributed by atoms with Crippen molar-refractivity contribution in [1.82, 2.24) is 15.6 Å². The van der Waals surface area contributed by atoms with Gasteiger partial charge in [-0.15, -0.1) is 24.0 Å². The standard InChI is InChI=1S/C18H22Cl2N4O.HI/c1-21-18(22-9-8-14-4-7-17(20)24-12-14)23-10-11-25-13-15-2-5-16(19)6-3-15;/h2-7,12H,8-11,13H2,1H3,(H2,21,22,23);1H. The summed E-state index contributed by atoms with van der Waals surface area (Å²) in [6.07, 6.45) is 2.63. The summed E-state index contributed by atoms with van der Waals surface area (Å²) in [7, 11) is 1.74. The molecule has 0 aliphatic rings. The Hall–Kier alpha value is -1.09. The van der Waals surface area contributed by atoms with Crippen molar-refractivity contribution in [2.45, 2.75) is 13.0 Å². The van der Waals surface area contributed by atoms with Crippen LogP contribution in [-0.2, 0) is 17.8 Å². The van der Waals surface area contributed by atoms with Crippen molar-refractivity contribution < 1.29 is 4.74 Å². The molecule has 0 spiro atoms. The SMILES string of the molecule is CN=C(NCCOCc1ccc(Cl)cc1)NCCc1ccc(Cl)nc1.I. The van der Waals surface area contributed by atoms with E-state index in [1.165, 1.54) is 0 Å². The van der Waals surface area contributed by atoms with E-state index < -0.39 is 0 Å². The zero-order valence-electron chi connectivity index (χ0n) is 14.5. The summed E-state index contributed by atoms with van der Waals surface area (Å²) >= 11 is 11.6. The van der Waals surface area contributed by atoms with E-state index in [2.05, 4.69) is 20.6 Å². The number of nitrogens with zero attached hydrogens (tertiary/aromatic N) is 2. The Labute approximate surface area is 181 Å². The third-order valence-electron chi connectivity index (χ3n) is 3.44. The summed E-state index contributed by atoms with van der Waals surface area (Å²) in [4.78, 5) is 8.25. The highest BCUT2D eigenvalue weighted by molar-refractivity contribution is 14.0. The number of ether oxygens (including phenoxy) is 1. The average Bonchev–Trinajstić information content (AvgIpc) is 2.63. The van der Waals surface area contributed by atoms with E-state index in [1.807, 2.05) is 30.3 Å². The molecule has 0 unspecified atom stereocenters. The minimum absolute atomic E-state index is 0. The summed E-state index contributed by atoms with van der Waals surface area (Å²) in [5.41, 5.74) is 2.22. The minimum atomic E-state index is 0. The summed E-state index contributed by atoms with van der Waals surface area (Å²) in [5, 5.41) is 7.71. The third-order valence-corrected chi connectivity index (χ3v) is 3.91. The summed E-state index contributed by atoms with van der Waals surface area (Å²) < 4.78 is 5.63. The molecular weight excluding hydrogens is 486 g/mol. The van der Waals surface area contributed by atoms with Gasteiger partial charge in [0.15, 0.2) is 5.96 Å². The van der Waals surface area contributed by atoms with Crippen molar-refractivity contribution in [2.24, 2.45) is 4.99 Å². The first-order valence-corrected chi connectivity index (χ1v) is 8.80. The molecule has 0 amide bonds. The zero-order valence-corrected chi connectivity index (χ0v) is 18.4. The monoisotopic (exact) mass is 508 g/mol. The molecule has 2 rings (SSSR count). The van der Waals surface area contributed by atoms with Crippen LogP contribution in [0.5, 0.6) is 0 Å². The second-order valence-electron chi connectivity index (χ2n) is 5.34. The fraction of sp³-hybridized carbons (Fsp3) is 0.333. The predicted octanol–water partition coefficient (Wildman–Crippen LogP) is 3.93. The predicted molar refractivity (Wildman–Crippen MR) is 119 cm³/mol. The van der Waals surface area contributed by atoms with Crippen molar-refractivity contribution in [1.29, 1.82) is 0 Å². The molecule has 1 heterocycles. The molecule has 2 aromatic rings. The maximum Gasteiger partial charge on any atom is 0.191 e. The molecule has 8 heteroatoms. The van der Waals surface area contributed by atoms with Gasteiger partial charge in [0, 0.05) is 31.4 Å². The third kappa shape index (κ3) is 9.02. The number of guanidine groups is 1. The van der Waals surface area contributed by atoms with Gasteiger partial charge in [0.1, 0.15) is 5.15 Å². The molecule has 142 valence electrons. The Bertz CT molecular complexity index is 666. The lowest BCUT2D eigenvalue weighted by Crippen LogP contribution is -2.39. The van der Waals surface area contributed by atoms with Crippen LogP contribution in [0.4, 0.5) is 0 Å². The number of nitrogens with one attached hydrogen (secondary N) is 2. The first kappa shape index (κ1) is 23.0. The van der Waals surface area contributed by atoms with Gasteiger partial charge in [0.05, 0.1) is 13.2 Å². The first-order valence-electron chi connectivity index (χ1n) is 8.04. The van der Waals surface area contributed by atoms with Gasteiger partial charge in [-0.2, -0.15) is 0 Å². The van der Waals surface area contributed by atoms with E-state index in [4.69, 9.17) is 27.9 Å². The Kier molecular flexibility index (Phi) is 11.6. The number of aliphatic imine (C=N–C) groups is 1. The van der Waals surface area contributed by atoms with Gasteiger partial charge in [-0.25, -0.2) is 4.98 Å². The Morgan fingerprint density at radius 3 is 2.38 bits per heavy atom. The average molecular weight is 509 g/mol. The largest absolute Gasteiger partial charge is 0.375 e. The number of pyridine rings is 1. The van der Waals surface area contributed by atoms with Crippen molar-refractivity contribution >= 4 is 53.1 Å². The number of hydrogen-bond donors (Lipinski definition) is 2. The molecule has 0 bridgehead atoms. The highest BCUT2D eigenvalue weighted by Crippen LogP contribution is 2.10. The Balaban J connectivity index is 0.00000338. The van der Waals surface area contributed by atoms with Crippen LogP contribution in [0.15, 0.2) is 47.6 Å². The molecule has 0 aliphatic carbocycles. The number of benzene rings is 1. The van der Waals surface area contributed by atoms with Gasteiger partial charge >= 0.3 is 0 Å². The molecule has 1 aromatic heterocycles. The molecule has 0 radical (unpaired) electrons. The van der Waals surface area contributed by atoms with E-state index in [0.29, 0.717) is 24.9 Å². The smallest absolute Gasteiger partial charge is 0.191 e. The van der Waals surface area contributed by atoms with E-state index in [9.17, 15) is 0 Å². The zero-order chi connectivity index (χ0) is 17.9. The second kappa shape index (κ2) is 13.1. The number of halogens is 3. The molecule has 0 aliphatic heterocycles. The van der Waals surface area contributed by atoms with Crippen LogP contribution >= 0.6 is 47.2 Å². The molecule has 0 fully saturated rings. The van der Waals surface area contributed by atoms with Gasteiger partial charge in [-0.3, -0.25) is 4.99 Å². The van der Waals surface area contributed by atoms with Crippen LogP contribution in [0.3, 0.4) is 0 Å². The highest BCUT2D eigenvalue weighted by Gasteiger charge is 1.99. The molecule has 5 nitrogen and oxygen atoms in total. The number of hydrogen-bond acceptors (Lipinski definition) is 3. The lowest BCUT2D eigenvalue weighted by Gasteiger charge is -2.12. The normalized spacial score (nSPS) is 11.0. The van der Waals surface area contributed by atoms with Crippen LogP contribution in [0.25, 0.3) is 0 Å². The van der Waals surface area contributed by atoms with Crippen molar-refractivity contribution in [3.8, 4) is 0 Å². The summed E-state index contributed by atoms with van der Waals surface area (Å²) in [6, 6.07) is 11.4. The molecule has 1 aromatic carbocycles. The molecule has 0 atom stereocenters. The van der Waals surface area contributed by atoms with Gasteiger partial charge in [0.2, 0.25) is 0 Å². The maximum atomic E-state index is 5.85. The fourth-order valence-corrected chi connectivity index (χ4v) is 2.35. The van der Waals surface area contributed by atoms with Crippen molar-refractivity contribution in [3.63, 3.8) is 0 Å². The molecule has 2 N–H and O–H groups in total. The van der Waals surface area contributed by atoms with Crippen LogP contribution in [0.2, 0.25) is 10.2 Å². The number of rotatable bonds is 8. The molecular formula is C18H23Cl2IN4O. The maximum absolute atomic E-state index is 5.85. The second-order valence-corrected chi connectivity index (χ2v) is 6.17. The topological polar surface area (TPSA) is 58.5 Å². The van der Waals surface area contributed by atoms with E-state index in [1.54, 1.807) is 19.3 Å². The molecule has 0 saturated carbocycles. The lowest BCUT2D eigenvalue weighted by atomic mass is 10.2. The minimum Gasteiger partial charge on any atom is -0.375 e. The van der Waals surface area contributed by atoms with Gasteiger partial charge in [0.25, 0.3) is 0 Å². The summed E-state index contributed by atoms with van der Waals surface area (Å²) in [6.45, 7) is 2.59. The van der Waals surface area contributed by atoms with Crippen molar-refractivity contribution in [3.05, 3.63) is 63.9 Å². The van der Waals surface area contributed by atoms with E-state index in [-0.39, 0.29) is 24.0 Å². The van der Waals surface area contributed by atoms with Crippen LogP contribution in [-0.4, -0.2) is 37.7 Å². The van der Waals surface area contributed by atoms with Gasteiger partial charge in [-0.1, -0.05) is 41.4 Å². The molecule has 0 saturated heterocycles. The van der Waals surface area contributed by atoms with Crippen LogP contribution < -0.4 is 10.6 Å². The van der Waals surface area contributed by atoms with E-state index >= 15 is 0 Å².